The minimum absolute atomic E-state index is 0. The third kappa shape index (κ3) is 6.93. The second-order valence-corrected chi connectivity index (χ2v) is 4.89. The molecule has 0 amide bonds. The van der Waals surface area contributed by atoms with Gasteiger partial charge < -0.3 is 10.2 Å². The van der Waals surface area contributed by atoms with E-state index in [-0.39, 0.29) is 83.1 Å². The van der Waals surface area contributed by atoms with Gasteiger partial charge in [0.05, 0.1) is 11.1 Å². The minimum Gasteiger partial charge on any atom is -0.478 e. The van der Waals surface area contributed by atoms with Gasteiger partial charge in [-0.3, -0.25) is 0 Å². The monoisotopic (exact) mass is 342 g/mol. The Bertz CT molecular complexity index is 636. The summed E-state index contributed by atoms with van der Waals surface area (Å²) < 4.78 is 0. The Kier molecular flexibility index (Phi) is 11.2. The Hall–Kier alpha value is -0.880. The Morgan fingerprint density at radius 2 is 0.917 bits per heavy atom. The van der Waals surface area contributed by atoms with E-state index in [0.29, 0.717) is 0 Å². The molecule has 0 saturated heterocycles. The first-order valence-corrected chi connectivity index (χ1v) is 6.84. The van der Waals surface area contributed by atoms with Crippen LogP contribution >= 0.6 is 0 Å². The third-order valence-corrected chi connectivity index (χ3v) is 3.33. The maximum atomic E-state index is 11.5. The molecule has 2 radical (unpaired) electrons. The standard InChI is InChI=1S/C18H16O4.2Na/c19-17(20)15(11-13-7-3-1-4-8-13)16(18(21)22)12-14-9-5-2-6-10-14;;/h1-10H,11-12H2,(H,19,20)(H,21,22);;/b16-15-;;. The molecule has 0 aliphatic rings. The molecule has 2 aromatic carbocycles. The molecule has 2 aromatic rings. The molecule has 24 heavy (non-hydrogen) atoms. The van der Waals surface area contributed by atoms with Gasteiger partial charge in [0.2, 0.25) is 0 Å². The van der Waals surface area contributed by atoms with Crippen molar-refractivity contribution in [1.29, 1.82) is 0 Å². The largest absolute Gasteiger partial charge is 0.478 e. The molecule has 0 aromatic heterocycles. The van der Waals surface area contributed by atoms with Gasteiger partial charge in [-0.15, -0.1) is 0 Å². The van der Waals surface area contributed by atoms with Crippen LogP contribution in [-0.4, -0.2) is 81.3 Å². The molecule has 6 heteroatoms. The van der Waals surface area contributed by atoms with Gasteiger partial charge >= 0.3 is 11.9 Å². The zero-order chi connectivity index (χ0) is 15.9. The fourth-order valence-corrected chi connectivity index (χ4v) is 2.22. The zero-order valence-electron chi connectivity index (χ0n) is 13.9. The van der Waals surface area contributed by atoms with Crippen LogP contribution in [0.25, 0.3) is 0 Å². The van der Waals surface area contributed by atoms with E-state index in [0.717, 1.165) is 11.1 Å². The molecule has 0 aliphatic heterocycles. The van der Waals surface area contributed by atoms with Crippen LogP contribution in [0.3, 0.4) is 0 Å². The number of carbonyl (C=O) groups is 2. The predicted octanol–water partition coefficient (Wildman–Crippen LogP) is 2.18. The van der Waals surface area contributed by atoms with E-state index >= 15 is 0 Å². The van der Waals surface area contributed by atoms with Gasteiger partial charge in [0.1, 0.15) is 0 Å². The molecule has 0 fully saturated rings. The van der Waals surface area contributed by atoms with Crippen molar-refractivity contribution in [2.75, 3.05) is 0 Å². The van der Waals surface area contributed by atoms with Gasteiger partial charge in [0.25, 0.3) is 0 Å². The van der Waals surface area contributed by atoms with Gasteiger partial charge in [-0.1, -0.05) is 60.7 Å². The normalized spacial score (nSPS) is 10.7. The number of hydrogen-bond acceptors (Lipinski definition) is 2. The Balaban J connectivity index is 0.00000264. The number of carboxylic acids is 2. The molecule has 0 bridgehead atoms. The van der Waals surface area contributed by atoms with Crippen LogP contribution in [-0.2, 0) is 22.4 Å². The molecular weight excluding hydrogens is 326 g/mol. The number of carboxylic acid groups (broad SMARTS) is 2. The van der Waals surface area contributed by atoms with Crippen LogP contribution in [0.4, 0.5) is 0 Å². The van der Waals surface area contributed by atoms with Gasteiger partial charge in [-0.25, -0.2) is 9.59 Å². The Morgan fingerprint density at radius 3 is 1.17 bits per heavy atom. The Morgan fingerprint density at radius 1 is 0.625 bits per heavy atom. The minimum atomic E-state index is -1.20. The maximum Gasteiger partial charge on any atom is 0.332 e. The SMILES string of the molecule is O=C(O)/C(Cc1ccccc1)=C(/Cc1ccccc1)C(=O)O.[Na].[Na]. The smallest absolute Gasteiger partial charge is 0.332 e. The summed E-state index contributed by atoms with van der Waals surface area (Å²) in [5.41, 5.74) is 1.38. The summed E-state index contributed by atoms with van der Waals surface area (Å²) in [6.07, 6.45) is 0.176. The van der Waals surface area contributed by atoms with Crippen LogP contribution < -0.4 is 0 Å². The van der Waals surface area contributed by atoms with E-state index in [2.05, 4.69) is 0 Å². The molecule has 2 rings (SSSR count). The summed E-state index contributed by atoms with van der Waals surface area (Å²) in [6, 6.07) is 18.0. The van der Waals surface area contributed by atoms with Crippen molar-refractivity contribution in [3.8, 4) is 0 Å². The van der Waals surface area contributed by atoms with Gasteiger partial charge in [0.15, 0.2) is 0 Å². The molecule has 0 aliphatic carbocycles. The molecule has 0 spiro atoms. The molecule has 0 atom stereocenters. The molecule has 0 heterocycles. The van der Waals surface area contributed by atoms with Crippen molar-refractivity contribution in [2.24, 2.45) is 0 Å². The van der Waals surface area contributed by atoms with Gasteiger partial charge in [-0.05, 0) is 11.1 Å². The first kappa shape index (κ1) is 23.1. The summed E-state index contributed by atoms with van der Waals surface area (Å²) >= 11 is 0. The van der Waals surface area contributed by atoms with Crippen molar-refractivity contribution in [3.05, 3.63) is 82.9 Å². The summed E-state index contributed by atoms with van der Waals surface area (Å²) in [7, 11) is 0. The van der Waals surface area contributed by atoms with Gasteiger partial charge in [-0.2, -0.15) is 0 Å². The van der Waals surface area contributed by atoms with Crippen LogP contribution in [0.2, 0.25) is 0 Å². The maximum absolute atomic E-state index is 11.5. The van der Waals surface area contributed by atoms with E-state index < -0.39 is 11.9 Å². The molecule has 0 saturated carbocycles. The van der Waals surface area contributed by atoms with E-state index in [1.165, 1.54) is 0 Å². The van der Waals surface area contributed by atoms with Crippen molar-refractivity contribution < 1.29 is 19.8 Å². The molecule has 2 N–H and O–H groups in total. The molecule has 4 nitrogen and oxygen atoms in total. The fraction of sp³-hybridized carbons (Fsp3) is 0.111. The summed E-state index contributed by atoms with van der Waals surface area (Å²) in [4.78, 5) is 23.0. The average molecular weight is 342 g/mol. The second kappa shape index (κ2) is 11.6. The third-order valence-electron chi connectivity index (χ3n) is 3.33. The zero-order valence-corrected chi connectivity index (χ0v) is 17.9. The second-order valence-electron chi connectivity index (χ2n) is 4.89. The van der Waals surface area contributed by atoms with Crippen LogP contribution in [0.5, 0.6) is 0 Å². The first-order valence-electron chi connectivity index (χ1n) is 6.84. The van der Waals surface area contributed by atoms with E-state index in [1.807, 2.05) is 12.1 Å². The number of aliphatic carboxylic acids is 2. The summed E-state index contributed by atoms with van der Waals surface area (Å²) in [5.74, 6) is -2.39. The quantitative estimate of drug-likeness (QED) is 0.623. The van der Waals surface area contributed by atoms with Crippen LogP contribution in [0, 0.1) is 0 Å². The molecular formula is C18H16Na2O4. The average Bonchev–Trinajstić information content (AvgIpc) is 2.52. The molecule has 114 valence electrons. The van der Waals surface area contributed by atoms with Crippen LogP contribution in [0.15, 0.2) is 71.8 Å². The topological polar surface area (TPSA) is 74.6 Å². The summed E-state index contributed by atoms with van der Waals surface area (Å²) in [5, 5.41) is 18.8. The van der Waals surface area contributed by atoms with Crippen molar-refractivity contribution >= 4 is 71.1 Å². The predicted molar refractivity (Wildman–Crippen MR) is 94.1 cm³/mol. The van der Waals surface area contributed by atoms with Gasteiger partial charge in [0, 0.05) is 72.0 Å². The van der Waals surface area contributed by atoms with E-state index in [4.69, 9.17) is 0 Å². The van der Waals surface area contributed by atoms with Crippen molar-refractivity contribution in [1.82, 2.24) is 0 Å². The fourth-order valence-electron chi connectivity index (χ4n) is 2.22. The van der Waals surface area contributed by atoms with E-state index in [1.54, 1.807) is 48.5 Å². The number of hydrogen-bond donors (Lipinski definition) is 2. The Labute approximate surface area is 185 Å². The molecule has 0 unspecified atom stereocenters. The van der Waals surface area contributed by atoms with Crippen molar-refractivity contribution in [2.45, 2.75) is 12.8 Å². The number of rotatable bonds is 6. The van der Waals surface area contributed by atoms with Crippen LogP contribution in [0.1, 0.15) is 11.1 Å². The first-order chi connectivity index (χ1) is 10.6. The van der Waals surface area contributed by atoms with Crippen molar-refractivity contribution in [3.63, 3.8) is 0 Å². The number of benzene rings is 2. The van der Waals surface area contributed by atoms with E-state index in [9.17, 15) is 19.8 Å². The summed E-state index contributed by atoms with van der Waals surface area (Å²) in [6.45, 7) is 0.